The second-order valence-corrected chi connectivity index (χ2v) is 6.68. The molecular weight excluding hydrogens is 236 g/mol. The molecule has 1 aliphatic rings. The second kappa shape index (κ2) is 4.64. The fraction of sp³-hybridized carbons (Fsp3) is 0.562. The van der Waals surface area contributed by atoms with Crippen molar-refractivity contribution in [1.29, 1.82) is 0 Å². The second-order valence-electron chi connectivity index (χ2n) is 6.68. The minimum Gasteiger partial charge on any atom is -0.351 e. The van der Waals surface area contributed by atoms with Gasteiger partial charge in [0.1, 0.15) is 0 Å². The van der Waals surface area contributed by atoms with Gasteiger partial charge in [0.15, 0.2) is 0 Å². The third kappa shape index (κ3) is 2.52. The molecule has 0 aromatic heterocycles. The minimum absolute atomic E-state index is 0.0486. The number of nitrogens with two attached hydrogens (primary N) is 1. The van der Waals surface area contributed by atoms with Crippen LogP contribution in [-0.2, 0) is 11.2 Å². The lowest BCUT2D eigenvalue weighted by Gasteiger charge is -2.13. The van der Waals surface area contributed by atoms with Crippen LogP contribution in [0.3, 0.4) is 0 Å². The maximum atomic E-state index is 12.1. The highest BCUT2D eigenvalue weighted by atomic mass is 16.2. The first-order valence-corrected chi connectivity index (χ1v) is 6.86. The smallest absolute Gasteiger partial charge is 0.237 e. The molecule has 1 aromatic rings. The maximum absolute atomic E-state index is 12.1. The molecule has 1 atom stereocenters. The zero-order chi connectivity index (χ0) is 14.3. The molecule has 104 valence electrons. The quantitative estimate of drug-likeness (QED) is 0.871. The van der Waals surface area contributed by atoms with Crippen molar-refractivity contribution in [2.24, 2.45) is 16.6 Å². The third-order valence-electron chi connectivity index (χ3n) is 4.94. The van der Waals surface area contributed by atoms with E-state index in [9.17, 15) is 4.79 Å². The van der Waals surface area contributed by atoms with Gasteiger partial charge in [-0.05, 0) is 22.8 Å². The number of rotatable bonds is 4. The Bertz CT molecular complexity index is 451. The number of benzene rings is 1. The summed E-state index contributed by atoms with van der Waals surface area (Å²) in [6, 6.07) is 9.63. The average molecular weight is 260 g/mol. The lowest BCUT2D eigenvalue weighted by molar-refractivity contribution is -0.122. The first-order valence-electron chi connectivity index (χ1n) is 6.86. The van der Waals surface area contributed by atoms with Crippen molar-refractivity contribution in [3.05, 3.63) is 35.9 Å². The largest absolute Gasteiger partial charge is 0.351 e. The summed E-state index contributed by atoms with van der Waals surface area (Å²) in [6.45, 7) is 8.72. The van der Waals surface area contributed by atoms with E-state index in [1.165, 1.54) is 0 Å². The van der Waals surface area contributed by atoms with Crippen molar-refractivity contribution in [2.45, 2.75) is 46.2 Å². The van der Waals surface area contributed by atoms with Gasteiger partial charge in [0.25, 0.3) is 0 Å². The fourth-order valence-corrected chi connectivity index (χ4v) is 2.77. The molecule has 0 bridgehead atoms. The Labute approximate surface area is 115 Å². The summed E-state index contributed by atoms with van der Waals surface area (Å²) in [4.78, 5) is 12.1. The summed E-state index contributed by atoms with van der Waals surface area (Å²) in [7, 11) is 0. The molecule has 2 rings (SSSR count). The summed E-state index contributed by atoms with van der Waals surface area (Å²) in [5, 5.41) is 3.09. The van der Waals surface area contributed by atoms with E-state index in [1.54, 1.807) is 0 Å². The predicted octanol–water partition coefficient (Wildman–Crippen LogP) is 2.11. The van der Waals surface area contributed by atoms with Crippen LogP contribution in [0.4, 0.5) is 0 Å². The maximum Gasteiger partial charge on any atom is 0.237 e. The lowest BCUT2D eigenvalue weighted by atomic mass is 10.0. The van der Waals surface area contributed by atoms with E-state index in [1.807, 2.05) is 30.3 Å². The molecule has 3 nitrogen and oxygen atoms in total. The van der Waals surface area contributed by atoms with Gasteiger partial charge in [-0.25, -0.2) is 0 Å². The third-order valence-corrected chi connectivity index (χ3v) is 4.94. The van der Waals surface area contributed by atoms with Crippen molar-refractivity contribution < 1.29 is 4.79 Å². The molecule has 0 aliphatic heterocycles. The van der Waals surface area contributed by atoms with E-state index in [0.717, 1.165) is 5.56 Å². The van der Waals surface area contributed by atoms with Crippen LogP contribution in [0.25, 0.3) is 0 Å². The fourth-order valence-electron chi connectivity index (χ4n) is 2.77. The van der Waals surface area contributed by atoms with Crippen molar-refractivity contribution in [3.8, 4) is 0 Å². The Morgan fingerprint density at radius 2 is 1.74 bits per heavy atom. The predicted molar refractivity (Wildman–Crippen MR) is 77.6 cm³/mol. The number of carbonyl (C=O) groups excluding carboxylic acids is 1. The van der Waals surface area contributed by atoms with Gasteiger partial charge in [-0.3, -0.25) is 4.79 Å². The Hall–Kier alpha value is -1.35. The molecule has 0 unspecified atom stereocenters. The standard InChI is InChI=1S/C16H24N2O/c1-15(2)14(16(15,3)4)18-13(19)12(17)10-11-8-6-5-7-9-11/h5-9,12,14H,10,17H2,1-4H3,(H,18,19)/t12-/m0/s1. The summed E-state index contributed by atoms with van der Waals surface area (Å²) < 4.78 is 0. The van der Waals surface area contributed by atoms with E-state index >= 15 is 0 Å². The van der Waals surface area contributed by atoms with Crippen molar-refractivity contribution >= 4 is 5.91 Å². The number of carbonyl (C=O) groups is 1. The molecule has 0 heterocycles. The number of hydrogen-bond donors (Lipinski definition) is 2. The molecule has 1 amide bonds. The van der Waals surface area contributed by atoms with Crippen LogP contribution in [-0.4, -0.2) is 18.0 Å². The van der Waals surface area contributed by atoms with Gasteiger partial charge in [0, 0.05) is 6.04 Å². The molecule has 0 radical (unpaired) electrons. The molecule has 1 fully saturated rings. The van der Waals surface area contributed by atoms with E-state index in [-0.39, 0.29) is 22.8 Å². The normalized spacial score (nSPS) is 21.7. The Morgan fingerprint density at radius 3 is 2.21 bits per heavy atom. The first kappa shape index (κ1) is 14.1. The number of amides is 1. The Morgan fingerprint density at radius 1 is 1.21 bits per heavy atom. The summed E-state index contributed by atoms with van der Waals surface area (Å²) in [5.74, 6) is -0.0486. The van der Waals surface area contributed by atoms with Gasteiger partial charge in [0.05, 0.1) is 6.04 Å². The SMILES string of the molecule is CC1(C)C(NC(=O)[C@@H](N)Cc2ccccc2)C1(C)C. The molecule has 3 heteroatoms. The van der Waals surface area contributed by atoms with Gasteiger partial charge in [-0.1, -0.05) is 58.0 Å². The van der Waals surface area contributed by atoms with Gasteiger partial charge >= 0.3 is 0 Å². The minimum atomic E-state index is -0.477. The van der Waals surface area contributed by atoms with Crippen molar-refractivity contribution in [1.82, 2.24) is 5.32 Å². The molecule has 1 aliphatic carbocycles. The van der Waals surface area contributed by atoms with Crippen LogP contribution in [0.5, 0.6) is 0 Å². The zero-order valence-corrected chi connectivity index (χ0v) is 12.2. The molecular formula is C16H24N2O. The molecule has 19 heavy (non-hydrogen) atoms. The zero-order valence-electron chi connectivity index (χ0n) is 12.2. The van der Waals surface area contributed by atoms with Crippen LogP contribution in [0.1, 0.15) is 33.3 Å². The van der Waals surface area contributed by atoms with E-state index in [0.29, 0.717) is 6.42 Å². The molecule has 1 saturated carbocycles. The van der Waals surface area contributed by atoms with E-state index < -0.39 is 6.04 Å². The first-order chi connectivity index (χ1) is 8.76. The van der Waals surface area contributed by atoms with Gasteiger partial charge in [-0.15, -0.1) is 0 Å². The van der Waals surface area contributed by atoms with Gasteiger partial charge in [-0.2, -0.15) is 0 Å². The van der Waals surface area contributed by atoms with Gasteiger partial charge < -0.3 is 11.1 Å². The summed E-state index contributed by atoms with van der Waals surface area (Å²) in [6.07, 6.45) is 0.584. The van der Waals surface area contributed by atoms with Crippen LogP contribution < -0.4 is 11.1 Å². The van der Waals surface area contributed by atoms with Gasteiger partial charge in [0.2, 0.25) is 5.91 Å². The highest BCUT2D eigenvalue weighted by Gasteiger charge is 2.65. The van der Waals surface area contributed by atoms with Crippen LogP contribution in [0.15, 0.2) is 30.3 Å². The Balaban J connectivity index is 1.91. The number of hydrogen-bond acceptors (Lipinski definition) is 2. The summed E-state index contributed by atoms with van der Waals surface area (Å²) >= 11 is 0. The molecule has 0 spiro atoms. The van der Waals surface area contributed by atoms with Crippen LogP contribution in [0.2, 0.25) is 0 Å². The lowest BCUT2D eigenvalue weighted by Crippen LogP contribution is -2.44. The van der Waals surface area contributed by atoms with Crippen molar-refractivity contribution in [3.63, 3.8) is 0 Å². The average Bonchev–Trinajstić information content (AvgIpc) is 2.73. The van der Waals surface area contributed by atoms with Crippen LogP contribution >= 0.6 is 0 Å². The number of nitrogens with one attached hydrogen (secondary N) is 1. The van der Waals surface area contributed by atoms with Crippen molar-refractivity contribution in [2.75, 3.05) is 0 Å². The Kier molecular flexibility index (Phi) is 3.43. The molecule has 0 saturated heterocycles. The monoisotopic (exact) mass is 260 g/mol. The topological polar surface area (TPSA) is 55.1 Å². The molecule has 3 N–H and O–H groups in total. The highest BCUT2D eigenvalue weighted by molar-refractivity contribution is 5.82. The highest BCUT2D eigenvalue weighted by Crippen LogP contribution is 2.62. The van der Waals surface area contributed by atoms with Crippen LogP contribution in [0, 0.1) is 10.8 Å². The molecule has 1 aromatic carbocycles. The summed E-state index contributed by atoms with van der Waals surface area (Å²) in [5.41, 5.74) is 7.38. The van der Waals surface area contributed by atoms with E-state index in [4.69, 9.17) is 5.73 Å². The van der Waals surface area contributed by atoms with E-state index in [2.05, 4.69) is 33.0 Å².